The number of nitrogens with zero attached hydrogens (tertiary/aromatic N) is 3. The van der Waals surface area contributed by atoms with Crippen LogP contribution in [0.25, 0.3) is 0 Å². The average molecular weight is 543 g/mol. The number of hydrogen-bond acceptors (Lipinski definition) is 8. The van der Waals surface area contributed by atoms with E-state index in [0.29, 0.717) is 26.3 Å². The molecule has 0 bridgehead atoms. The molecule has 10 heteroatoms. The molecule has 7 nitrogen and oxygen atoms in total. The van der Waals surface area contributed by atoms with Crippen LogP contribution in [0.2, 0.25) is 0 Å². The molecule has 0 saturated carbocycles. The lowest BCUT2D eigenvalue weighted by Crippen LogP contribution is -2.27. The molecule has 2 aromatic rings. The number of nitriles is 2. The second-order valence-corrected chi connectivity index (χ2v) is 9.15. The molecule has 0 aliphatic carbocycles. The SMILES string of the molecule is CCOC(=O)C1=C(CSc2nc(C)cc(Br)c2C#N)OC(N)=C(C#N)[C@H]1c1ccc(C)cc1F. The van der Waals surface area contributed by atoms with Crippen molar-refractivity contribution in [2.75, 3.05) is 12.4 Å². The molecule has 2 N–H and O–H groups in total. The second-order valence-electron chi connectivity index (χ2n) is 7.33. The van der Waals surface area contributed by atoms with Crippen molar-refractivity contribution in [3.8, 4) is 12.1 Å². The van der Waals surface area contributed by atoms with Crippen LogP contribution in [-0.4, -0.2) is 23.3 Å². The molecular formula is C24H20BrFN4O3S. The van der Waals surface area contributed by atoms with Gasteiger partial charge in [0.05, 0.1) is 29.4 Å². The second kappa shape index (κ2) is 10.7. The number of allylic oxidation sites excluding steroid dienone is 1. The summed E-state index contributed by atoms with van der Waals surface area (Å²) < 4.78 is 26.5. The molecule has 1 aliphatic heterocycles. The Morgan fingerprint density at radius 1 is 1.32 bits per heavy atom. The molecule has 1 aromatic carbocycles. The van der Waals surface area contributed by atoms with E-state index in [-0.39, 0.29) is 40.7 Å². The Bertz CT molecular complexity index is 1310. The van der Waals surface area contributed by atoms with E-state index in [1.165, 1.54) is 12.1 Å². The zero-order valence-corrected chi connectivity index (χ0v) is 21.0. The Hall–Kier alpha value is -3.34. The molecule has 0 amide bonds. The van der Waals surface area contributed by atoms with Gasteiger partial charge in [-0.15, -0.1) is 0 Å². The first-order chi connectivity index (χ1) is 16.2. The van der Waals surface area contributed by atoms with Gasteiger partial charge in [0.15, 0.2) is 0 Å². The van der Waals surface area contributed by atoms with Crippen molar-refractivity contribution < 1.29 is 18.7 Å². The highest BCUT2D eigenvalue weighted by molar-refractivity contribution is 9.10. The van der Waals surface area contributed by atoms with Gasteiger partial charge >= 0.3 is 5.97 Å². The van der Waals surface area contributed by atoms with Gasteiger partial charge in [-0.2, -0.15) is 10.5 Å². The minimum atomic E-state index is -1.11. The summed E-state index contributed by atoms with van der Waals surface area (Å²) in [5.74, 6) is -2.53. The van der Waals surface area contributed by atoms with Crippen LogP contribution in [0.3, 0.4) is 0 Å². The third kappa shape index (κ3) is 5.09. The fourth-order valence-electron chi connectivity index (χ4n) is 3.48. The van der Waals surface area contributed by atoms with Gasteiger partial charge in [0, 0.05) is 15.7 Å². The van der Waals surface area contributed by atoms with Crippen molar-refractivity contribution >= 4 is 33.7 Å². The average Bonchev–Trinajstić information content (AvgIpc) is 2.77. The van der Waals surface area contributed by atoms with Gasteiger partial charge in [-0.25, -0.2) is 14.2 Å². The predicted octanol–water partition coefficient (Wildman–Crippen LogP) is 4.89. The van der Waals surface area contributed by atoms with Gasteiger partial charge in [0.1, 0.15) is 34.3 Å². The van der Waals surface area contributed by atoms with E-state index < -0.39 is 17.7 Å². The van der Waals surface area contributed by atoms with Crippen molar-refractivity contribution in [1.29, 1.82) is 10.5 Å². The Labute approximate surface area is 209 Å². The number of nitrogens with two attached hydrogens (primary N) is 1. The molecule has 3 rings (SSSR count). The monoisotopic (exact) mass is 542 g/mol. The van der Waals surface area contributed by atoms with Crippen molar-refractivity contribution in [3.05, 3.63) is 79.7 Å². The summed E-state index contributed by atoms with van der Waals surface area (Å²) in [7, 11) is 0. The Morgan fingerprint density at radius 2 is 2.06 bits per heavy atom. The van der Waals surface area contributed by atoms with Crippen LogP contribution >= 0.6 is 27.7 Å². The molecule has 0 saturated heterocycles. The van der Waals surface area contributed by atoms with Gasteiger partial charge < -0.3 is 15.2 Å². The number of esters is 1. The Kier molecular flexibility index (Phi) is 7.98. The van der Waals surface area contributed by atoms with Gasteiger partial charge in [0.25, 0.3) is 0 Å². The van der Waals surface area contributed by atoms with Gasteiger partial charge in [-0.1, -0.05) is 23.9 Å². The number of rotatable bonds is 6. The van der Waals surface area contributed by atoms with Crippen LogP contribution in [0.4, 0.5) is 4.39 Å². The molecule has 0 radical (unpaired) electrons. The highest BCUT2D eigenvalue weighted by Gasteiger charge is 2.39. The summed E-state index contributed by atoms with van der Waals surface area (Å²) in [6.45, 7) is 5.22. The zero-order chi connectivity index (χ0) is 25.0. The number of thioether (sulfide) groups is 1. The first-order valence-electron chi connectivity index (χ1n) is 10.2. The molecule has 34 heavy (non-hydrogen) atoms. The molecule has 2 heterocycles. The highest BCUT2D eigenvalue weighted by Crippen LogP contribution is 2.42. The summed E-state index contributed by atoms with van der Waals surface area (Å²) in [6.07, 6.45) is 0. The summed E-state index contributed by atoms with van der Waals surface area (Å²) in [6, 6.07) is 10.3. The molecule has 174 valence electrons. The van der Waals surface area contributed by atoms with Crippen LogP contribution < -0.4 is 5.73 Å². The molecule has 0 spiro atoms. The molecular weight excluding hydrogens is 523 g/mol. The molecule has 1 atom stereocenters. The maximum Gasteiger partial charge on any atom is 0.338 e. The lowest BCUT2D eigenvalue weighted by molar-refractivity contribution is -0.139. The Balaban J connectivity index is 2.15. The van der Waals surface area contributed by atoms with Crippen molar-refractivity contribution in [3.63, 3.8) is 0 Å². The number of ether oxygens (including phenoxy) is 2. The number of pyridine rings is 1. The van der Waals surface area contributed by atoms with E-state index in [4.69, 9.17) is 15.2 Å². The van der Waals surface area contributed by atoms with Crippen molar-refractivity contribution in [2.24, 2.45) is 5.73 Å². The number of carbonyl (C=O) groups excluding carboxylic acids is 1. The van der Waals surface area contributed by atoms with Crippen molar-refractivity contribution in [2.45, 2.75) is 31.7 Å². The first kappa shape index (κ1) is 25.3. The lowest BCUT2D eigenvalue weighted by atomic mass is 9.82. The van der Waals surface area contributed by atoms with Gasteiger partial charge in [-0.05, 0) is 54.4 Å². The zero-order valence-electron chi connectivity index (χ0n) is 18.6. The smallest absolute Gasteiger partial charge is 0.338 e. The van der Waals surface area contributed by atoms with Crippen LogP contribution in [0.15, 0.2) is 56.6 Å². The van der Waals surface area contributed by atoms with Crippen molar-refractivity contribution in [1.82, 2.24) is 4.98 Å². The highest BCUT2D eigenvalue weighted by atomic mass is 79.9. The fourth-order valence-corrected chi connectivity index (χ4v) is 5.21. The van der Waals surface area contributed by atoms with Crippen LogP contribution in [0, 0.1) is 42.3 Å². The molecule has 1 aliphatic rings. The topological polar surface area (TPSA) is 122 Å². The fraction of sp³-hybridized carbons (Fsp3) is 0.250. The third-order valence-corrected chi connectivity index (χ3v) is 6.58. The Morgan fingerprint density at radius 3 is 2.68 bits per heavy atom. The summed E-state index contributed by atoms with van der Waals surface area (Å²) in [5.41, 5.74) is 7.73. The summed E-state index contributed by atoms with van der Waals surface area (Å²) >= 11 is 4.51. The number of hydrogen-bond donors (Lipinski definition) is 1. The maximum atomic E-state index is 15.0. The van der Waals surface area contributed by atoms with E-state index >= 15 is 4.39 Å². The summed E-state index contributed by atoms with van der Waals surface area (Å²) in [4.78, 5) is 17.4. The summed E-state index contributed by atoms with van der Waals surface area (Å²) in [5, 5.41) is 19.7. The predicted molar refractivity (Wildman–Crippen MR) is 128 cm³/mol. The van der Waals surface area contributed by atoms with E-state index in [9.17, 15) is 15.3 Å². The minimum Gasteiger partial charge on any atom is -0.463 e. The first-order valence-corrected chi connectivity index (χ1v) is 11.9. The number of benzene rings is 1. The van der Waals surface area contributed by atoms with E-state index in [1.54, 1.807) is 32.9 Å². The van der Waals surface area contributed by atoms with Crippen LogP contribution in [-0.2, 0) is 14.3 Å². The maximum absolute atomic E-state index is 15.0. The van der Waals surface area contributed by atoms with E-state index in [1.807, 2.05) is 6.07 Å². The van der Waals surface area contributed by atoms with E-state index in [2.05, 4.69) is 27.0 Å². The number of halogens is 2. The molecule has 0 fully saturated rings. The third-order valence-electron chi connectivity index (χ3n) is 4.98. The normalized spacial score (nSPS) is 15.4. The van der Waals surface area contributed by atoms with Gasteiger partial charge in [-0.3, -0.25) is 0 Å². The van der Waals surface area contributed by atoms with Crippen LogP contribution in [0.1, 0.15) is 35.2 Å². The largest absolute Gasteiger partial charge is 0.463 e. The quantitative estimate of drug-likeness (QED) is 0.404. The minimum absolute atomic E-state index is 0.0203. The standard InChI is InChI=1S/C24H20BrFN4O3S/c1-4-32-24(31)21-19(11-34-23-15(9-27)17(25)8-13(3)30-23)33-22(29)16(10-28)20(21)14-6-5-12(2)7-18(14)26/h5-8,20H,4,11,29H2,1-3H3/t20-/m1/s1. The molecule has 1 aromatic heterocycles. The number of aromatic nitrogens is 1. The van der Waals surface area contributed by atoms with E-state index in [0.717, 1.165) is 11.8 Å². The van der Waals surface area contributed by atoms with Gasteiger partial charge in [0.2, 0.25) is 5.88 Å². The van der Waals surface area contributed by atoms with Crippen LogP contribution in [0.5, 0.6) is 0 Å². The molecule has 0 unspecified atom stereocenters. The number of aryl methyl sites for hydroxylation is 2. The lowest BCUT2D eigenvalue weighted by Gasteiger charge is -2.28. The number of carbonyl (C=O) groups is 1.